The zero-order valence-electron chi connectivity index (χ0n) is 11.3. The molecule has 0 saturated carbocycles. The standard InChI is InChI=1S/C15H18ClN3O/c16-8-3-4-13-11-19(18-17-13)10-12-7-9-20-15-6-2-1-5-14(12)15/h1-2,5-6,11-12H,3-4,7-10H2. The largest absolute Gasteiger partial charge is 0.493 e. The van der Waals surface area contributed by atoms with Gasteiger partial charge in [-0.2, -0.15) is 0 Å². The molecule has 1 aliphatic rings. The summed E-state index contributed by atoms with van der Waals surface area (Å²) >= 11 is 5.70. The molecule has 1 aliphatic heterocycles. The lowest BCUT2D eigenvalue weighted by atomic mass is 9.93. The number of rotatable bonds is 5. The van der Waals surface area contributed by atoms with Gasteiger partial charge in [0.1, 0.15) is 5.75 Å². The highest BCUT2D eigenvalue weighted by atomic mass is 35.5. The van der Waals surface area contributed by atoms with Crippen LogP contribution in [0, 0.1) is 0 Å². The smallest absolute Gasteiger partial charge is 0.122 e. The van der Waals surface area contributed by atoms with Gasteiger partial charge in [0.05, 0.1) is 12.3 Å². The number of aryl methyl sites for hydroxylation is 1. The van der Waals surface area contributed by atoms with E-state index in [-0.39, 0.29) is 0 Å². The van der Waals surface area contributed by atoms with Crippen LogP contribution in [0.5, 0.6) is 5.75 Å². The molecule has 0 spiro atoms. The second kappa shape index (κ2) is 6.27. The van der Waals surface area contributed by atoms with Gasteiger partial charge >= 0.3 is 0 Å². The van der Waals surface area contributed by atoms with Crippen LogP contribution in [0.4, 0.5) is 0 Å². The van der Waals surface area contributed by atoms with E-state index in [1.807, 2.05) is 23.0 Å². The fourth-order valence-corrected chi connectivity index (χ4v) is 2.76. The quantitative estimate of drug-likeness (QED) is 0.795. The lowest BCUT2D eigenvalue weighted by Gasteiger charge is -2.25. The first-order chi connectivity index (χ1) is 9.86. The summed E-state index contributed by atoms with van der Waals surface area (Å²) in [5.41, 5.74) is 2.29. The second-order valence-corrected chi connectivity index (χ2v) is 5.47. The number of nitrogens with zero attached hydrogens (tertiary/aromatic N) is 3. The maximum absolute atomic E-state index is 5.70. The van der Waals surface area contributed by atoms with Crippen LogP contribution in [0.1, 0.15) is 30.0 Å². The number of fused-ring (bicyclic) bond motifs is 1. The van der Waals surface area contributed by atoms with Gasteiger partial charge in [-0.15, -0.1) is 16.7 Å². The van der Waals surface area contributed by atoms with E-state index in [1.165, 1.54) is 5.56 Å². The first kappa shape index (κ1) is 13.4. The van der Waals surface area contributed by atoms with Crippen molar-refractivity contribution in [3.63, 3.8) is 0 Å². The molecular weight excluding hydrogens is 274 g/mol. The summed E-state index contributed by atoms with van der Waals surface area (Å²) in [7, 11) is 0. The molecule has 1 atom stereocenters. The molecule has 0 aliphatic carbocycles. The van der Waals surface area contributed by atoms with Crippen LogP contribution >= 0.6 is 11.6 Å². The average molecular weight is 292 g/mol. The van der Waals surface area contributed by atoms with Crippen molar-refractivity contribution < 1.29 is 4.74 Å². The van der Waals surface area contributed by atoms with Crippen molar-refractivity contribution in [2.24, 2.45) is 0 Å². The van der Waals surface area contributed by atoms with Crippen molar-refractivity contribution in [2.45, 2.75) is 31.7 Å². The molecule has 0 fully saturated rings. The molecule has 1 aromatic carbocycles. The normalized spacial score (nSPS) is 17.6. The van der Waals surface area contributed by atoms with Crippen molar-refractivity contribution in [3.8, 4) is 5.75 Å². The third-order valence-corrected chi connectivity index (χ3v) is 3.91. The number of hydrogen-bond donors (Lipinski definition) is 0. The van der Waals surface area contributed by atoms with Gasteiger partial charge in [0.15, 0.2) is 0 Å². The lowest BCUT2D eigenvalue weighted by molar-refractivity contribution is 0.256. The molecule has 2 aromatic rings. The molecule has 5 heteroatoms. The van der Waals surface area contributed by atoms with E-state index in [4.69, 9.17) is 16.3 Å². The predicted molar refractivity (Wildman–Crippen MR) is 78.4 cm³/mol. The number of ether oxygens (including phenoxy) is 1. The van der Waals surface area contributed by atoms with E-state index in [1.54, 1.807) is 0 Å². The summed E-state index contributed by atoms with van der Waals surface area (Å²) in [5, 5.41) is 8.42. The van der Waals surface area contributed by atoms with Gasteiger partial charge in [-0.05, 0) is 30.9 Å². The minimum Gasteiger partial charge on any atom is -0.493 e. The Labute approximate surface area is 123 Å². The molecule has 2 heterocycles. The Balaban J connectivity index is 1.71. The van der Waals surface area contributed by atoms with Gasteiger partial charge in [-0.25, -0.2) is 0 Å². The molecule has 0 bridgehead atoms. The zero-order chi connectivity index (χ0) is 13.8. The number of alkyl halides is 1. The van der Waals surface area contributed by atoms with Crippen LogP contribution in [-0.2, 0) is 13.0 Å². The number of para-hydroxylation sites is 1. The average Bonchev–Trinajstić information content (AvgIpc) is 2.93. The van der Waals surface area contributed by atoms with Crippen molar-refractivity contribution in [1.82, 2.24) is 15.0 Å². The maximum Gasteiger partial charge on any atom is 0.122 e. The van der Waals surface area contributed by atoms with Gasteiger partial charge in [-0.1, -0.05) is 23.4 Å². The summed E-state index contributed by atoms with van der Waals surface area (Å²) < 4.78 is 7.63. The Bertz CT molecular complexity index is 570. The topological polar surface area (TPSA) is 39.9 Å². The van der Waals surface area contributed by atoms with Crippen molar-refractivity contribution in [2.75, 3.05) is 12.5 Å². The minimum absolute atomic E-state index is 0.447. The number of halogens is 1. The molecule has 1 unspecified atom stereocenters. The third kappa shape index (κ3) is 2.96. The fourth-order valence-electron chi connectivity index (χ4n) is 2.62. The van der Waals surface area contributed by atoms with Crippen molar-refractivity contribution in [3.05, 3.63) is 41.7 Å². The number of hydrogen-bond acceptors (Lipinski definition) is 3. The SMILES string of the molecule is ClCCCc1cn(CC2CCOc3ccccc32)nn1. The molecule has 1 aromatic heterocycles. The zero-order valence-corrected chi connectivity index (χ0v) is 12.1. The van der Waals surface area contributed by atoms with E-state index in [0.717, 1.165) is 43.9 Å². The molecule has 0 amide bonds. The molecule has 4 nitrogen and oxygen atoms in total. The molecule has 106 valence electrons. The molecule has 0 radical (unpaired) electrons. The third-order valence-electron chi connectivity index (χ3n) is 3.64. The van der Waals surface area contributed by atoms with Crippen LogP contribution < -0.4 is 4.74 Å². The predicted octanol–water partition coefficient (Wildman–Crippen LogP) is 3.02. The fraction of sp³-hybridized carbons (Fsp3) is 0.467. The molecule has 20 heavy (non-hydrogen) atoms. The van der Waals surface area contributed by atoms with E-state index < -0.39 is 0 Å². The van der Waals surface area contributed by atoms with Crippen LogP contribution in [-0.4, -0.2) is 27.5 Å². The molecule has 3 rings (SSSR count). The lowest BCUT2D eigenvalue weighted by Crippen LogP contribution is -2.18. The van der Waals surface area contributed by atoms with Gasteiger partial charge < -0.3 is 4.74 Å². The van der Waals surface area contributed by atoms with E-state index in [0.29, 0.717) is 11.8 Å². The van der Waals surface area contributed by atoms with Gasteiger partial charge in [0.25, 0.3) is 0 Å². The maximum atomic E-state index is 5.70. The molecule has 0 saturated heterocycles. The van der Waals surface area contributed by atoms with E-state index >= 15 is 0 Å². The number of benzene rings is 1. The van der Waals surface area contributed by atoms with Crippen molar-refractivity contribution in [1.29, 1.82) is 0 Å². The highest BCUT2D eigenvalue weighted by molar-refractivity contribution is 6.17. The Morgan fingerprint density at radius 2 is 2.25 bits per heavy atom. The summed E-state index contributed by atoms with van der Waals surface area (Å²) in [6.07, 6.45) is 4.90. The van der Waals surface area contributed by atoms with E-state index in [2.05, 4.69) is 22.4 Å². The van der Waals surface area contributed by atoms with Crippen LogP contribution in [0.2, 0.25) is 0 Å². The molecular formula is C15H18ClN3O. The first-order valence-electron chi connectivity index (χ1n) is 7.03. The van der Waals surface area contributed by atoms with Crippen LogP contribution in [0.15, 0.2) is 30.5 Å². The van der Waals surface area contributed by atoms with Gasteiger partial charge in [0.2, 0.25) is 0 Å². The van der Waals surface area contributed by atoms with Crippen LogP contribution in [0.25, 0.3) is 0 Å². The highest BCUT2D eigenvalue weighted by Gasteiger charge is 2.21. The second-order valence-electron chi connectivity index (χ2n) is 5.10. The first-order valence-corrected chi connectivity index (χ1v) is 7.57. The van der Waals surface area contributed by atoms with Crippen molar-refractivity contribution >= 4 is 11.6 Å². The summed E-state index contributed by atoms with van der Waals surface area (Å²) in [5.74, 6) is 2.12. The Morgan fingerprint density at radius 1 is 1.35 bits per heavy atom. The summed E-state index contributed by atoms with van der Waals surface area (Å²) in [6, 6.07) is 8.26. The van der Waals surface area contributed by atoms with Gasteiger partial charge in [-0.3, -0.25) is 4.68 Å². The van der Waals surface area contributed by atoms with E-state index in [9.17, 15) is 0 Å². The Morgan fingerprint density at radius 3 is 3.15 bits per heavy atom. The summed E-state index contributed by atoms with van der Waals surface area (Å²) in [4.78, 5) is 0. The highest BCUT2D eigenvalue weighted by Crippen LogP contribution is 2.34. The van der Waals surface area contributed by atoms with Crippen LogP contribution in [0.3, 0.4) is 0 Å². The summed E-state index contributed by atoms with van der Waals surface area (Å²) in [6.45, 7) is 1.63. The molecule has 0 N–H and O–H groups in total. The number of aromatic nitrogens is 3. The monoisotopic (exact) mass is 291 g/mol. The van der Waals surface area contributed by atoms with Gasteiger partial charge in [0, 0.05) is 24.5 Å². The minimum atomic E-state index is 0.447. The Kier molecular flexibility index (Phi) is 4.21. The Hall–Kier alpha value is -1.55.